The van der Waals surface area contributed by atoms with Gasteiger partial charge in [0.2, 0.25) is 0 Å². The molecule has 1 saturated heterocycles. The number of anilines is 2. The van der Waals surface area contributed by atoms with Crippen molar-refractivity contribution >= 4 is 60.7 Å². The Balaban J connectivity index is 1.74. The van der Waals surface area contributed by atoms with E-state index < -0.39 is 38.4 Å². The van der Waals surface area contributed by atoms with Crippen LogP contribution in [0.4, 0.5) is 15.9 Å². The van der Waals surface area contributed by atoms with Crippen molar-refractivity contribution in [3.8, 4) is 5.69 Å². The molecule has 0 radical (unpaired) electrons. The first-order valence-electron chi connectivity index (χ1n) is 12.5. The third-order valence-corrected chi connectivity index (χ3v) is 9.46. The number of rotatable bonds is 4. The summed E-state index contributed by atoms with van der Waals surface area (Å²) >= 11 is 1.96. The quantitative estimate of drug-likeness (QED) is 0.324. The third-order valence-electron chi connectivity index (χ3n) is 7.18. The summed E-state index contributed by atoms with van der Waals surface area (Å²) < 4.78 is 42.3. The maximum Gasteiger partial charge on any atom is 0.335 e. The van der Waals surface area contributed by atoms with Crippen molar-refractivity contribution < 1.29 is 17.6 Å². The standard InChI is InChI=1S/C27H25FIN5O6S/c1-15-22-21(23(31(2)24(15)35)30-20-8-7-17(29)14-19(20)28)26(37)32(3)27(38)34(22)18-6-4-5-16(13-18)25(36)33-9-11-41(39,40)12-10-33/h4-8,13-14,30H,9-12H2,1-3H3. The van der Waals surface area contributed by atoms with E-state index in [9.17, 15) is 32.0 Å². The highest BCUT2D eigenvalue weighted by atomic mass is 127. The van der Waals surface area contributed by atoms with Gasteiger partial charge in [0.25, 0.3) is 17.0 Å². The van der Waals surface area contributed by atoms with E-state index in [1.165, 1.54) is 53.3 Å². The van der Waals surface area contributed by atoms with Crippen LogP contribution in [0.5, 0.6) is 0 Å². The van der Waals surface area contributed by atoms with Crippen LogP contribution in [0.2, 0.25) is 0 Å². The Morgan fingerprint density at radius 2 is 1.66 bits per heavy atom. The smallest absolute Gasteiger partial charge is 0.335 e. The molecule has 1 N–H and O–H groups in total. The molecule has 214 valence electrons. The van der Waals surface area contributed by atoms with Gasteiger partial charge >= 0.3 is 5.69 Å². The summed E-state index contributed by atoms with van der Waals surface area (Å²) in [5.74, 6) is -1.29. The fraction of sp³-hybridized carbons (Fsp3) is 0.259. The fourth-order valence-corrected chi connectivity index (χ4v) is 6.54. The summed E-state index contributed by atoms with van der Waals surface area (Å²) in [6.45, 7) is 1.58. The highest BCUT2D eigenvalue weighted by Gasteiger charge is 2.27. The molecule has 0 spiro atoms. The van der Waals surface area contributed by atoms with Gasteiger partial charge in [-0.3, -0.25) is 28.1 Å². The minimum Gasteiger partial charge on any atom is -0.338 e. The molecular formula is C27H25FIN5O6S. The maximum atomic E-state index is 14.8. The zero-order valence-corrected chi connectivity index (χ0v) is 25.2. The van der Waals surface area contributed by atoms with E-state index in [4.69, 9.17) is 0 Å². The molecule has 2 aromatic heterocycles. The number of carbonyl (C=O) groups is 1. The third kappa shape index (κ3) is 5.09. The molecule has 3 heterocycles. The van der Waals surface area contributed by atoms with E-state index >= 15 is 0 Å². The molecule has 1 fully saturated rings. The van der Waals surface area contributed by atoms with E-state index in [1.54, 1.807) is 24.3 Å². The van der Waals surface area contributed by atoms with E-state index in [0.29, 0.717) is 3.57 Å². The van der Waals surface area contributed by atoms with Gasteiger partial charge in [-0.2, -0.15) is 0 Å². The summed E-state index contributed by atoms with van der Waals surface area (Å²) in [6, 6.07) is 10.6. The van der Waals surface area contributed by atoms with Crippen molar-refractivity contribution in [2.24, 2.45) is 14.1 Å². The van der Waals surface area contributed by atoms with Gasteiger partial charge in [0.05, 0.1) is 28.4 Å². The topological polar surface area (TPSA) is 132 Å². The zero-order chi connectivity index (χ0) is 29.8. The number of aryl methyl sites for hydroxylation is 1. The molecule has 0 unspecified atom stereocenters. The predicted octanol–water partition coefficient (Wildman–Crippen LogP) is 2.05. The van der Waals surface area contributed by atoms with Gasteiger partial charge in [0, 0.05) is 41.9 Å². The van der Waals surface area contributed by atoms with E-state index in [0.717, 1.165) is 4.57 Å². The summed E-state index contributed by atoms with van der Waals surface area (Å²) in [4.78, 5) is 55.1. The summed E-state index contributed by atoms with van der Waals surface area (Å²) in [6.07, 6.45) is 0. The molecular weight excluding hydrogens is 668 g/mol. The van der Waals surface area contributed by atoms with Gasteiger partial charge in [0.1, 0.15) is 17.0 Å². The van der Waals surface area contributed by atoms with Gasteiger partial charge in [0.15, 0.2) is 9.84 Å². The van der Waals surface area contributed by atoms with Crippen LogP contribution in [-0.4, -0.2) is 57.5 Å². The number of sulfone groups is 1. The van der Waals surface area contributed by atoms with Crippen LogP contribution in [-0.2, 0) is 23.9 Å². The van der Waals surface area contributed by atoms with E-state index in [1.807, 2.05) is 22.6 Å². The minimum atomic E-state index is -3.20. The largest absolute Gasteiger partial charge is 0.338 e. The van der Waals surface area contributed by atoms with Crippen LogP contribution in [0, 0.1) is 16.3 Å². The molecule has 14 heteroatoms. The van der Waals surface area contributed by atoms with E-state index in [2.05, 4.69) is 5.32 Å². The lowest BCUT2D eigenvalue weighted by molar-refractivity contribution is 0.0770. The molecule has 0 atom stereocenters. The number of halogens is 2. The van der Waals surface area contributed by atoms with Gasteiger partial charge in [-0.1, -0.05) is 6.07 Å². The van der Waals surface area contributed by atoms with Crippen LogP contribution in [0.1, 0.15) is 15.9 Å². The molecule has 2 aromatic carbocycles. The first-order valence-corrected chi connectivity index (χ1v) is 15.4. The van der Waals surface area contributed by atoms with Crippen LogP contribution in [0.15, 0.2) is 56.8 Å². The Labute approximate surface area is 246 Å². The second-order valence-electron chi connectivity index (χ2n) is 9.79. The number of nitrogens with one attached hydrogen (secondary N) is 1. The Morgan fingerprint density at radius 3 is 2.32 bits per heavy atom. The molecule has 5 rings (SSSR count). The number of aromatic nitrogens is 3. The van der Waals surface area contributed by atoms with Crippen molar-refractivity contribution in [1.29, 1.82) is 0 Å². The fourth-order valence-electron chi connectivity index (χ4n) is 4.88. The number of benzene rings is 2. The van der Waals surface area contributed by atoms with Crippen molar-refractivity contribution in [1.82, 2.24) is 18.6 Å². The number of carbonyl (C=O) groups excluding carboxylic acids is 1. The highest BCUT2D eigenvalue weighted by Crippen LogP contribution is 2.27. The Hall–Kier alpha value is -3.79. The SMILES string of the molecule is Cc1c(=O)n(C)c(Nc2ccc(I)cc2F)c2c(=O)n(C)c(=O)n(-c3cccc(C(=O)N4CCS(=O)(=O)CC4)c3)c12. The van der Waals surface area contributed by atoms with Gasteiger partial charge < -0.3 is 10.2 Å². The lowest BCUT2D eigenvalue weighted by atomic mass is 10.1. The number of pyridine rings is 1. The van der Waals surface area contributed by atoms with Crippen LogP contribution in [0.3, 0.4) is 0 Å². The van der Waals surface area contributed by atoms with Gasteiger partial charge in [-0.25, -0.2) is 17.6 Å². The highest BCUT2D eigenvalue weighted by molar-refractivity contribution is 14.1. The van der Waals surface area contributed by atoms with Crippen molar-refractivity contribution in [3.63, 3.8) is 0 Å². The van der Waals surface area contributed by atoms with Crippen LogP contribution < -0.4 is 22.1 Å². The first kappa shape index (κ1) is 28.7. The summed E-state index contributed by atoms with van der Waals surface area (Å²) in [5.41, 5.74) is -1.40. The van der Waals surface area contributed by atoms with Crippen LogP contribution >= 0.6 is 22.6 Å². The number of hydrogen-bond donors (Lipinski definition) is 1. The molecule has 0 aliphatic carbocycles. The van der Waals surface area contributed by atoms with Crippen molar-refractivity contribution in [2.75, 3.05) is 29.9 Å². The number of amides is 1. The summed E-state index contributed by atoms with van der Waals surface area (Å²) in [5, 5.41) is 2.84. The zero-order valence-electron chi connectivity index (χ0n) is 22.3. The normalized spacial score (nSPS) is 14.8. The van der Waals surface area contributed by atoms with Crippen molar-refractivity contribution in [3.05, 3.63) is 94.2 Å². The second-order valence-corrected chi connectivity index (χ2v) is 13.3. The molecule has 4 aromatic rings. The molecule has 41 heavy (non-hydrogen) atoms. The number of nitrogens with zero attached hydrogens (tertiary/aromatic N) is 4. The van der Waals surface area contributed by atoms with E-state index in [-0.39, 0.29) is 63.8 Å². The predicted molar refractivity (Wildman–Crippen MR) is 162 cm³/mol. The lowest BCUT2D eigenvalue weighted by Crippen LogP contribution is -2.43. The first-order chi connectivity index (χ1) is 19.3. The van der Waals surface area contributed by atoms with Gasteiger partial charge in [-0.15, -0.1) is 0 Å². The van der Waals surface area contributed by atoms with Crippen molar-refractivity contribution in [2.45, 2.75) is 6.92 Å². The molecule has 0 saturated carbocycles. The summed E-state index contributed by atoms with van der Waals surface area (Å²) in [7, 11) is -0.468. The minimum absolute atomic E-state index is 0.00758. The number of fused-ring (bicyclic) bond motifs is 1. The molecule has 1 amide bonds. The Bertz CT molecular complexity index is 2040. The Morgan fingerprint density at radius 1 is 0.976 bits per heavy atom. The average Bonchev–Trinajstić information content (AvgIpc) is 2.94. The molecule has 1 aliphatic heterocycles. The Kier molecular flexibility index (Phi) is 7.40. The second kappa shape index (κ2) is 10.6. The molecule has 1 aliphatic rings. The molecule has 11 nitrogen and oxygen atoms in total. The maximum absolute atomic E-state index is 14.8. The number of hydrogen-bond acceptors (Lipinski definition) is 7. The average molecular weight is 693 g/mol. The van der Waals surface area contributed by atoms with Crippen LogP contribution in [0.25, 0.3) is 16.6 Å². The van der Waals surface area contributed by atoms with Gasteiger partial charge in [-0.05, 0) is 65.9 Å². The molecule has 0 bridgehead atoms. The monoisotopic (exact) mass is 693 g/mol. The lowest BCUT2D eigenvalue weighted by Gasteiger charge is -2.27.